The number of nitrogens with two attached hydrogens (primary N) is 1. The van der Waals surface area contributed by atoms with Crippen molar-refractivity contribution in [2.45, 2.75) is 12.1 Å². The van der Waals surface area contributed by atoms with Gasteiger partial charge in [-0.1, -0.05) is 11.8 Å². The summed E-state index contributed by atoms with van der Waals surface area (Å²) in [6.07, 6.45) is 0. The predicted octanol–water partition coefficient (Wildman–Crippen LogP) is -0.858. The van der Waals surface area contributed by atoms with Gasteiger partial charge in [-0.25, -0.2) is 5.10 Å². The van der Waals surface area contributed by atoms with Gasteiger partial charge in [0.05, 0.1) is 5.75 Å². The van der Waals surface area contributed by atoms with Gasteiger partial charge in [0.2, 0.25) is 22.9 Å². The van der Waals surface area contributed by atoms with Gasteiger partial charge in [-0.15, -0.1) is 5.10 Å². The molecule has 8 heteroatoms. The molecular formula is C6H9N5O2S. The second-order valence-corrected chi connectivity index (χ2v) is 3.34. The van der Waals surface area contributed by atoms with Crippen molar-refractivity contribution in [1.82, 2.24) is 20.5 Å². The molecule has 0 saturated carbocycles. The van der Waals surface area contributed by atoms with E-state index in [-0.39, 0.29) is 23.5 Å². The quantitative estimate of drug-likeness (QED) is 0.565. The maximum atomic E-state index is 11.0. The standard InChI is InChI=1S/C6H9N5O2S/c1-3(12)8-4(13)2-14-6-9-5(7)10-11-6/h2H2,1H3,(H,8,12,13)(H3,7,9,10,11). The van der Waals surface area contributed by atoms with Crippen LogP contribution in [0.1, 0.15) is 6.92 Å². The number of aromatic nitrogens is 3. The highest BCUT2D eigenvalue weighted by Gasteiger charge is 2.07. The number of imide groups is 1. The Morgan fingerprint density at radius 3 is 2.86 bits per heavy atom. The number of amides is 2. The van der Waals surface area contributed by atoms with Crippen molar-refractivity contribution in [2.75, 3.05) is 11.5 Å². The first kappa shape index (κ1) is 10.5. The highest BCUT2D eigenvalue weighted by atomic mass is 32.2. The first-order valence-electron chi connectivity index (χ1n) is 3.69. The van der Waals surface area contributed by atoms with Crippen LogP contribution >= 0.6 is 11.8 Å². The van der Waals surface area contributed by atoms with Crippen molar-refractivity contribution in [3.8, 4) is 0 Å². The van der Waals surface area contributed by atoms with Crippen LogP contribution in [0.25, 0.3) is 0 Å². The zero-order chi connectivity index (χ0) is 10.6. The Morgan fingerprint density at radius 1 is 1.64 bits per heavy atom. The van der Waals surface area contributed by atoms with Gasteiger partial charge < -0.3 is 5.73 Å². The van der Waals surface area contributed by atoms with E-state index in [0.717, 1.165) is 11.8 Å². The topological polar surface area (TPSA) is 114 Å². The molecule has 0 atom stereocenters. The Morgan fingerprint density at radius 2 is 2.36 bits per heavy atom. The van der Waals surface area contributed by atoms with E-state index in [1.54, 1.807) is 0 Å². The first-order valence-corrected chi connectivity index (χ1v) is 4.67. The highest BCUT2D eigenvalue weighted by molar-refractivity contribution is 7.99. The fourth-order valence-corrected chi connectivity index (χ4v) is 1.29. The van der Waals surface area contributed by atoms with E-state index >= 15 is 0 Å². The summed E-state index contributed by atoms with van der Waals surface area (Å²) in [5, 5.41) is 8.63. The van der Waals surface area contributed by atoms with Crippen LogP contribution in [0.4, 0.5) is 5.95 Å². The van der Waals surface area contributed by atoms with Gasteiger partial charge in [0, 0.05) is 6.92 Å². The number of anilines is 1. The summed E-state index contributed by atoms with van der Waals surface area (Å²) in [4.78, 5) is 25.2. The molecule has 1 aromatic heterocycles. The zero-order valence-electron chi connectivity index (χ0n) is 7.40. The summed E-state index contributed by atoms with van der Waals surface area (Å²) in [5.74, 6) is -0.493. The Bertz CT molecular complexity index is 350. The predicted molar refractivity (Wildman–Crippen MR) is 50.3 cm³/mol. The molecule has 0 unspecified atom stereocenters. The van der Waals surface area contributed by atoms with E-state index in [1.165, 1.54) is 6.92 Å². The molecule has 0 fully saturated rings. The van der Waals surface area contributed by atoms with Crippen LogP contribution in [-0.4, -0.2) is 32.7 Å². The molecule has 0 radical (unpaired) electrons. The summed E-state index contributed by atoms with van der Waals surface area (Å²) < 4.78 is 0. The van der Waals surface area contributed by atoms with Crippen molar-refractivity contribution in [3.05, 3.63) is 0 Å². The number of hydrogen-bond acceptors (Lipinski definition) is 6. The van der Waals surface area contributed by atoms with Crippen molar-refractivity contribution in [2.24, 2.45) is 0 Å². The first-order chi connectivity index (χ1) is 6.58. The normalized spacial score (nSPS) is 9.79. The third kappa shape index (κ3) is 3.44. The van der Waals surface area contributed by atoms with E-state index in [2.05, 4.69) is 20.5 Å². The molecule has 4 N–H and O–H groups in total. The maximum Gasteiger partial charge on any atom is 0.237 e. The lowest BCUT2D eigenvalue weighted by molar-refractivity contribution is -0.127. The number of thioether (sulfide) groups is 1. The Kier molecular flexibility index (Phi) is 3.46. The van der Waals surface area contributed by atoms with E-state index in [0.29, 0.717) is 5.16 Å². The van der Waals surface area contributed by atoms with Gasteiger partial charge in [0.25, 0.3) is 0 Å². The molecule has 2 amide bonds. The zero-order valence-corrected chi connectivity index (χ0v) is 8.22. The fraction of sp³-hybridized carbons (Fsp3) is 0.333. The van der Waals surface area contributed by atoms with Gasteiger partial charge >= 0.3 is 0 Å². The third-order valence-corrected chi connectivity index (χ3v) is 1.98. The van der Waals surface area contributed by atoms with Gasteiger partial charge in [0.15, 0.2) is 0 Å². The molecule has 1 heterocycles. The van der Waals surface area contributed by atoms with Crippen LogP contribution < -0.4 is 11.1 Å². The number of carbonyl (C=O) groups is 2. The lowest BCUT2D eigenvalue weighted by atomic mass is 10.6. The van der Waals surface area contributed by atoms with Crippen LogP contribution in [0.5, 0.6) is 0 Å². The fourth-order valence-electron chi connectivity index (χ4n) is 0.685. The van der Waals surface area contributed by atoms with E-state index in [1.807, 2.05) is 0 Å². The highest BCUT2D eigenvalue weighted by Crippen LogP contribution is 2.11. The van der Waals surface area contributed by atoms with Crippen molar-refractivity contribution >= 4 is 29.5 Å². The number of rotatable bonds is 3. The molecule has 0 aliphatic heterocycles. The smallest absolute Gasteiger partial charge is 0.237 e. The lowest BCUT2D eigenvalue weighted by Gasteiger charge is -1.97. The molecule has 1 aromatic rings. The molecule has 0 saturated heterocycles. The molecule has 76 valence electrons. The van der Waals surface area contributed by atoms with Crippen LogP contribution in [0.3, 0.4) is 0 Å². The minimum absolute atomic E-state index is 0.0802. The number of H-pyrrole nitrogens is 1. The number of nitrogens with one attached hydrogen (secondary N) is 2. The maximum absolute atomic E-state index is 11.0. The van der Waals surface area contributed by atoms with Crippen LogP contribution in [0.15, 0.2) is 5.16 Å². The summed E-state index contributed by atoms with van der Waals surface area (Å²) in [6, 6.07) is 0. The molecule has 0 spiro atoms. The monoisotopic (exact) mass is 215 g/mol. The van der Waals surface area contributed by atoms with Crippen LogP contribution in [-0.2, 0) is 9.59 Å². The summed E-state index contributed by atoms with van der Waals surface area (Å²) in [7, 11) is 0. The van der Waals surface area contributed by atoms with Gasteiger partial charge in [-0.05, 0) is 0 Å². The number of nitrogen functional groups attached to an aromatic ring is 1. The van der Waals surface area contributed by atoms with Gasteiger partial charge in [-0.2, -0.15) is 4.98 Å². The number of hydrogen-bond donors (Lipinski definition) is 3. The minimum Gasteiger partial charge on any atom is -0.368 e. The molecule has 0 aromatic carbocycles. The number of nitrogens with zero attached hydrogens (tertiary/aromatic N) is 2. The molecular weight excluding hydrogens is 206 g/mol. The molecule has 14 heavy (non-hydrogen) atoms. The second kappa shape index (κ2) is 4.61. The third-order valence-electron chi connectivity index (χ3n) is 1.13. The van der Waals surface area contributed by atoms with Crippen molar-refractivity contribution < 1.29 is 9.59 Å². The minimum atomic E-state index is -0.384. The summed E-state index contributed by atoms with van der Waals surface area (Å²) >= 11 is 1.09. The molecule has 0 aliphatic rings. The molecule has 1 rings (SSSR count). The van der Waals surface area contributed by atoms with E-state index in [4.69, 9.17) is 5.73 Å². The number of carbonyl (C=O) groups excluding carboxylic acids is 2. The summed E-state index contributed by atoms with van der Waals surface area (Å²) in [6.45, 7) is 1.27. The van der Waals surface area contributed by atoms with Crippen LogP contribution in [0, 0.1) is 0 Å². The largest absolute Gasteiger partial charge is 0.368 e. The Balaban J connectivity index is 2.34. The average molecular weight is 215 g/mol. The Labute approximate surface area is 83.8 Å². The van der Waals surface area contributed by atoms with Gasteiger partial charge in [-0.3, -0.25) is 14.9 Å². The van der Waals surface area contributed by atoms with Gasteiger partial charge in [0.1, 0.15) is 0 Å². The number of aromatic amines is 1. The lowest BCUT2D eigenvalue weighted by Crippen LogP contribution is -2.29. The van der Waals surface area contributed by atoms with Crippen molar-refractivity contribution in [3.63, 3.8) is 0 Å². The molecule has 0 aliphatic carbocycles. The molecule has 0 bridgehead atoms. The van der Waals surface area contributed by atoms with E-state index < -0.39 is 0 Å². The van der Waals surface area contributed by atoms with Crippen LogP contribution in [0.2, 0.25) is 0 Å². The molecule has 7 nitrogen and oxygen atoms in total. The summed E-state index contributed by atoms with van der Waals surface area (Å²) in [5.41, 5.74) is 5.27. The SMILES string of the molecule is CC(=O)NC(=O)CSc1n[nH]c(N)n1. The van der Waals surface area contributed by atoms with E-state index in [9.17, 15) is 9.59 Å². The second-order valence-electron chi connectivity index (χ2n) is 2.40. The Hall–Kier alpha value is -1.57. The van der Waals surface area contributed by atoms with Crippen molar-refractivity contribution in [1.29, 1.82) is 0 Å². The average Bonchev–Trinajstić information content (AvgIpc) is 2.47.